The van der Waals surface area contributed by atoms with Crippen LogP contribution in [0.4, 0.5) is 9.52 Å². The molecule has 2 aromatic heterocycles. The van der Waals surface area contributed by atoms with Gasteiger partial charge < -0.3 is 15.3 Å². The molecule has 0 bridgehead atoms. The fourth-order valence-corrected chi connectivity index (χ4v) is 4.75. The zero-order valence-corrected chi connectivity index (χ0v) is 14.6. The standard InChI is InChI=1S/C17H17FN6OS/c18-13-1-9(10-5-20-21-6-10)2-14(25)15(13)16-22-23-17(26-16)24-7-11-3-19-4-12(11)8-24/h1-2,5-6,11-12,19,25H,3-4,7-8H2,(H,20,21). The molecule has 5 rings (SSSR count). The lowest BCUT2D eigenvalue weighted by molar-refractivity contribution is 0.472. The highest BCUT2D eigenvalue weighted by atomic mass is 32.1. The summed E-state index contributed by atoms with van der Waals surface area (Å²) in [6.45, 7) is 3.97. The minimum atomic E-state index is -0.522. The van der Waals surface area contributed by atoms with E-state index >= 15 is 0 Å². The molecule has 0 saturated carbocycles. The topological polar surface area (TPSA) is 90.0 Å². The summed E-state index contributed by atoms with van der Waals surface area (Å²) in [6, 6.07) is 2.91. The number of phenolic OH excluding ortho intramolecular Hbond substituents is 1. The third kappa shape index (κ3) is 2.55. The predicted molar refractivity (Wildman–Crippen MR) is 96.6 cm³/mol. The van der Waals surface area contributed by atoms with Crippen LogP contribution < -0.4 is 10.2 Å². The quantitative estimate of drug-likeness (QED) is 0.652. The maximum Gasteiger partial charge on any atom is 0.208 e. The molecule has 4 heterocycles. The lowest BCUT2D eigenvalue weighted by Crippen LogP contribution is -2.25. The fraction of sp³-hybridized carbons (Fsp3) is 0.353. The molecule has 0 radical (unpaired) electrons. The van der Waals surface area contributed by atoms with E-state index in [-0.39, 0.29) is 11.3 Å². The number of aromatic nitrogens is 4. The van der Waals surface area contributed by atoms with Gasteiger partial charge >= 0.3 is 0 Å². The largest absolute Gasteiger partial charge is 0.507 e. The van der Waals surface area contributed by atoms with Crippen LogP contribution in [0.1, 0.15) is 0 Å². The van der Waals surface area contributed by atoms with E-state index in [0.717, 1.165) is 31.3 Å². The van der Waals surface area contributed by atoms with Crippen molar-refractivity contribution < 1.29 is 9.50 Å². The number of fused-ring (bicyclic) bond motifs is 1. The van der Waals surface area contributed by atoms with Crippen molar-refractivity contribution in [2.75, 3.05) is 31.1 Å². The molecule has 134 valence electrons. The van der Waals surface area contributed by atoms with Gasteiger partial charge in [-0.15, -0.1) is 10.2 Å². The first-order valence-electron chi connectivity index (χ1n) is 8.50. The van der Waals surface area contributed by atoms with Gasteiger partial charge in [0.05, 0.1) is 11.8 Å². The highest BCUT2D eigenvalue weighted by molar-refractivity contribution is 7.18. The van der Waals surface area contributed by atoms with Gasteiger partial charge in [-0.2, -0.15) is 5.10 Å². The number of halogens is 1. The molecular weight excluding hydrogens is 355 g/mol. The maximum absolute atomic E-state index is 14.7. The van der Waals surface area contributed by atoms with Crippen LogP contribution in [-0.2, 0) is 0 Å². The number of rotatable bonds is 3. The summed E-state index contributed by atoms with van der Waals surface area (Å²) >= 11 is 1.32. The van der Waals surface area contributed by atoms with Crippen molar-refractivity contribution in [3.05, 3.63) is 30.3 Å². The van der Waals surface area contributed by atoms with Crippen LogP contribution >= 0.6 is 11.3 Å². The van der Waals surface area contributed by atoms with Crippen LogP contribution in [0.2, 0.25) is 0 Å². The first-order valence-corrected chi connectivity index (χ1v) is 9.32. The second kappa shape index (κ2) is 6.03. The predicted octanol–water partition coefficient (Wildman–Crippen LogP) is 2.10. The van der Waals surface area contributed by atoms with E-state index in [1.165, 1.54) is 23.5 Å². The number of H-pyrrole nitrogens is 1. The van der Waals surface area contributed by atoms with E-state index in [2.05, 4.69) is 30.6 Å². The molecule has 2 fully saturated rings. The first kappa shape index (κ1) is 15.7. The Morgan fingerprint density at radius 1 is 1.15 bits per heavy atom. The molecule has 0 aliphatic carbocycles. The van der Waals surface area contributed by atoms with Gasteiger partial charge in [-0.25, -0.2) is 4.39 Å². The zero-order chi connectivity index (χ0) is 17.7. The Balaban J connectivity index is 1.45. The maximum atomic E-state index is 14.7. The van der Waals surface area contributed by atoms with Crippen molar-refractivity contribution >= 4 is 16.5 Å². The Morgan fingerprint density at radius 3 is 2.65 bits per heavy atom. The van der Waals surface area contributed by atoms with Crippen molar-refractivity contribution in [3.8, 4) is 27.4 Å². The second-order valence-corrected chi connectivity index (χ2v) is 7.77. The fourth-order valence-electron chi connectivity index (χ4n) is 3.84. The Hall–Kier alpha value is -2.52. The van der Waals surface area contributed by atoms with Crippen molar-refractivity contribution in [2.45, 2.75) is 0 Å². The molecule has 7 nitrogen and oxygen atoms in total. The molecule has 2 aliphatic heterocycles. The summed E-state index contributed by atoms with van der Waals surface area (Å²) in [5.74, 6) is 0.612. The summed E-state index contributed by atoms with van der Waals surface area (Å²) < 4.78 is 14.7. The summed E-state index contributed by atoms with van der Waals surface area (Å²) in [5.41, 5.74) is 1.37. The molecule has 2 saturated heterocycles. The van der Waals surface area contributed by atoms with Gasteiger partial charge in [0.15, 0.2) is 5.01 Å². The average molecular weight is 372 g/mol. The highest BCUT2D eigenvalue weighted by Gasteiger charge is 2.37. The minimum Gasteiger partial charge on any atom is -0.507 e. The summed E-state index contributed by atoms with van der Waals surface area (Å²) in [6.07, 6.45) is 3.23. The first-order chi connectivity index (χ1) is 12.7. The molecular formula is C17H17FN6OS. The number of hydrogen-bond acceptors (Lipinski definition) is 7. The molecule has 2 aliphatic rings. The van der Waals surface area contributed by atoms with Crippen molar-refractivity contribution in [1.82, 2.24) is 25.7 Å². The second-order valence-electron chi connectivity index (χ2n) is 6.81. The van der Waals surface area contributed by atoms with Gasteiger partial charge in [-0.05, 0) is 29.5 Å². The number of nitrogens with zero attached hydrogens (tertiary/aromatic N) is 4. The van der Waals surface area contributed by atoms with E-state index in [0.29, 0.717) is 28.0 Å². The Bertz CT molecular complexity index is 908. The molecule has 2 atom stereocenters. The monoisotopic (exact) mass is 372 g/mol. The molecule has 3 N–H and O–H groups in total. The van der Waals surface area contributed by atoms with Crippen LogP contribution in [0.15, 0.2) is 24.5 Å². The Kier molecular flexibility index (Phi) is 3.64. The third-order valence-corrected chi connectivity index (χ3v) is 6.19. The third-order valence-electron chi connectivity index (χ3n) is 5.19. The summed E-state index contributed by atoms with van der Waals surface area (Å²) in [4.78, 5) is 2.21. The number of aromatic hydroxyl groups is 1. The number of benzene rings is 1. The van der Waals surface area contributed by atoms with Crippen LogP contribution in [0, 0.1) is 17.7 Å². The summed E-state index contributed by atoms with van der Waals surface area (Å²) in [7, 11) is 0. The van der Waals surface area contributed by atoms with Crippen LogP contribution in [0.25, 0.3) is 21.7 Å². The molecule has 3 aromatic rings. The molecule has 2 unspecified atom stereocenters. The van der Waals surface area contributed by atoms with E-state index in [1.807, 2.05) is 0 Å². The van der Waals surface area contributed by atoms with Crippen LogP contribution in [0.5, 0.6) is 5.75 Å². The number of phenols is 1. The van der Waals surface area contributed by atoms with E-state index in [9.17, 15) is 9.50 Å². The van der Waals surface area contributed by atoms with Gasteiger partial charge in [-0.1, -0.05) is 11.3 Å². The minimum absolute atomic E-state index is 0.0991. The van der Waals surface area contributed by atoms with E-state index < -0.39 is 5.82 Å². The lowest BCUT2D eigenvalue weighted by atomic mass is 10.0. The lowest BCUT2D eigenvalue weighted by Gasteiger charge is -2.14. The Morgan fingerprint density at radius 2 is 1.96 bits per heavy atom. The van der Waals surface area contributed by atoms with E-state index in [1.54, 1.807) is 12.4 Å². The van der Waals surface area contributed by atoms with Crippen molar-refractivity contribution in [3.63, 3.8) is 0 Å². The molecule has 0 amide bonds. The average Bonchev–Trinajstić information content (AvgIpc) is 3.37. The van der Waals surface area contributed by atoms with Gasteiger partial charge in [0.25, 0.3) is 0 Å². The normalized spacial score (nSPS) is 22.1. The van der Waals surface area contributed by atoms with Crippen LogP contribution in [0.3, 0.4) is 0 Å². The number of hydrogen-bond donors (Lipinski definition) is 3. The van der Waals surface area contributed by atoms with Gasteiger partial charge in [0.1, 0.15) is 11.6 Å². The van der Waals surface area contributed by atoms with Gasteiger partial charge in [0.2, 0.25) is 5.13 Å². The zero-order valence-electron chi connectivity index (χ0n) is 13.8. The van der Waals surface area contributed by atoms with Crippen molar-refractivity contribution in [1.29, 1.82) is 0 Å². The molecule has 9 heteroatoms. The van der Waals surface area contributed by atoms with Crippen LogP contribution in [-0.4, -0.2) is 51.7 Å². The number of nitrogens with one attached hydrogen (secondary N) is 2. The van der Waals surface area contributed by atoms with Gasteiger partial charge in [0, 0.05) is 37.9 Å². The SMILES string of the molecule is Oc1cc(-c2cn[nH]c2)cc(F)c1-c1nnc(N2CC3CNCC3C2)s1. The Labute approximate surface area is 152 Å². The number of aromatic amines is 1. The molecule has 1 aromatic carbocycles. The van der Waals surface area contributed by atoms with Crippen molar-refractivity contribution in [2.24, 2.45) is 11.8 Å². The molecule has 0 spiro atoms. The van der Waals surface area contributed by atoms with Gasteiger partial charge in [-0.3, -0.25) is 5.10 Å². The molecule has 26 heavy (non-hydrogen) atoms. The number of anilines is 1. The highest BCUT2D eigenvalue weighted by Crippen LogP contribution is 2.40. The smallest absolute Gasteiger partial charge is 0.208 e. The summed E-state index contributed by atoms with van der Waals surface area (Å²) in [5, 5.41) is 29.9. The van der Waals surface area contributed by atoms with E-state index in [4.69, 9.17) is 0 Å².